The van der Waals surface area contributed by atoms with Crippen LogP contribution in [0.3, 0.4) is 0 Å². The number of hydrogen-bond acceptors (Lipinski definition) is 5. The summed E-state index contributed by atoms with van der Waals surface area (Å²) in [7, 11) is -4.78. The van der Waals surface area contributed by atoms with Gasteiger partial charge in [-0.05, 0) is 17.6 Å². The number of carbonyl (C=O) groups excluding carboxylic acids is 1. The molecular formula is C10H13N3NaO5S. The quantitative estimate of drug-likeness (QED) is 0.444. The Labute approximate surface area is 139 Å². The maximum atomic E-state index is 12.0. The molecule has 0 aromatic heterocycles. The van der Waals surface area contributed by atoms with E-state index in [1.807, 2.05) is 19.9 Å². The van der Waals surface area contributed by atoms with Crippen LogP contribution in [0, 0.1) is 17.2 Å². The number of fused-ring (bicyclic) bond motifs is 2. The molecule has 105 valence electrons. The molecule has 1 N–H and O–H groups in total. The van der Waals surface area contributed by atoms with E-state index < -0.39 is 28.5 Å². The molecule has 10 heteroatoms. The smallest absolute Gasteiger partial charge is 0.301 e. The molecule has 2 heterocycles. The van der Waals surface area contributed by atoms with Crippen LogP contribution in [0.5, 0.6) is 0 Å². The molecular weight excluding hydrogens is 297 g/mol. The minimum atomic E-state index is -4.78. The van der Waals surface area contributed by atoms with Crippen LogP contribution >= 0.6 is 0 Å². The van der Waals surface area contributed by atoms with Gasteiger partial charge in [0.05, 0.1) is 12.6 Å². The zero-order valence-electron chi connectivity index (χ0n) is 11.3. The van der Waals surface area contributed by atoms with Crippen molar-refractivity contribution >= 4 is 46.0 Å². The molecule has 0 aliphatic carbocycles. The summed E-state index contributed by atoms with van der Waals surface area (Å²) in [5.41, 5.74) is 0.734. The Morgan fingerprint density at radius 1 is 1.55 bits per heavy atom. The fourth-order valence-corrected chi connectivity index (χ4v) is 2.70. The topological polar surface area (TPSA) is 111 Å². The Balaban J connectivity index is 0.00000200. The Morgan fingerprint density at radius 3 is 2.60 bits per heavy atom. The molecule has 0 spiro atoms. The first-order valence-corrected chi connectivity index (χ1v) is 6.99. The summed E-state index contributed by atoms with van der Waals surface area (Å²) in [5.74, 6) is 0.0152. The van der Waals surface area contributed by atoms with E-state index in [0.29, 0.717) is 5.06 Å². The molecule has 2 rings (SSSR count). The maximum Gasteiger partial charge on any atom is 0.418 e. The van der Waals surface area contributed by atoms with E-state index in [1.165, 1.54) is 4.90 Å². The first-order chi connectivity index (χ1) is 8.74. The molecule has 2 aliphatic rings. The van der Waals surface area contributed by atoms with Crippen molar-refractivity contribution in [3.63, 3.8) is 0 Å². The molecule has 2 aliphatic heterocycles. The molecule has 20 heavy (non-hydrogen) atoms. The number of hydrogen-bond donors (Lipinski definition) is 1. The predicted molar refractivity (Wildman–Crippen MR) is 68.4 cm³/mol. The normalized spacial score (nSPS) is 25.4. The number of rotatable bonds is 3. The van der Waals surface area contributed by atoms with Gasteiger partial charge in [-0.1, -0.05) is 13.8 Å². The average molecular weight is 310 g/mol. The van der Waals surface area contributed by atoms with Gasteiger partial charge in [0.1, 0.15) is 12.1 Å². The largest absolute Gasteiger partial charge is 0.418 e. The van der Waals surface area contributed by atoms with Crippen LogP contribution in [0.1, 0.15) is 13.8 Å². The summed E-state index contributed by atoms with van der Waals surface area (Å²) >= 11 is 0. The van der Waals surface area contributed by atoms with Gasteiger partial charge in [0.25, 0.3) is 0 Å². The van der Waals surface area contributed by atoms with Crippen molar-refractivity contribution in [2.75, 3.05) is 6.54 Å². The summed E-state index contributed by atoms with van der Waals surface area (Å²) in [6.07, 6.45) is 1.63. The molecule has 2 atom stereocenters. The number of urea groups is 1. The number of nitriles is 1. The summed E-state index contributed by atoms with van der Waals surface area (Å²) in [6.45, 7) is 3.89. The van der Waals surface area contributed by atoms with Crippen molar-refractivity contribution in [3.8, 4) is 6.07 Å². The van der Waals surface area contributed by atoms with Crippen molar-refractivity contribution in [1.29, 1.82) is 5.26 Å². The first kappa shape index (κ1) is 17.4. The van der Waals surface area contributed by atoms with E-state index in [1.54, 1.807) is 6.08 Å². The van der Waals surface area contributed by atoms with Crippen LogP contribution < -0.4 is 0 Å². The van der Waals surface area contributed by atoms with Crippen molar-refractivity contribution < 1.29 is 22.0 Å². The summed E-state index contributed by atoms with van der Waals surface area (Å²) in [5, 5.41) is 9.64. The van der Waals surface area contributed by atoms with Gasteiger partial charge in [0, 0.05) is 29.6 Å². The number of carbonyl (C=O) groups is 1. The fourth-order valence-electron chi connectivity index (χ4n) is 2.32. The van der Waals surface area contributed by atoms with Crippen LogP contribution in [0.15, 0.2) is 11.6 Å². The average Bonchev–Trinajstić information content (AvgIpc) is 2.54. The second-order valence-electron chi connectivity index (χ2n) is 4.67. The Bertz CT molecular complexity index is 582. The molecule has 1 radical (unpaired) electrons. The standard InChI is InChI=1S/C10H13N3O5S.Na/c1-6(2)8-3-7(4-11)12-5-9(8)13(10(12)14)18-19(15,16)17;/h3,6-7,9H,5H2,1-2H3,(H,15,16,17);/t7-,9-;/m0./s1. The van der Waals surface area contributed by atoms with Crippen LogP contribution in [0.25, 0.3) is 0 Å². The number of hydroxylamine groups is 2. The van der Waals surface area contributed by atoms with Crippen LogP contribution in [-0.2, 0) is 14.7 Å². The van der Waals surface area contributed by atoms with Crippen molar-refractivity contribution in [3.05, 3.63) is 11.6 Å². The van der Waals surface area contributed by atoms with E-state index in [4.69, 9.17) is 9.81 Å². The van der Waals surface area contributed by atoms with Gasteiger partial charge in [0.2, 0.25) is 0 Å². The van der Waals surface area contributed by atoms with E-state index in [0.717, 1.165) is 5.57 Å². The fraction of sp³-hybridized carbons (Fsp3) is 0.600. The summed E-state index contributed by atoms with van der Waals surface area (Å²) in [6, 6.07) is -0.150. The number of amides is 2. The molecule has 1 saturated heterocycles. The molecule has 0 saturated carbocycles. The molecule has 0 unspecified atom stereocenters. The van der Waals surface area contributed by atoms with Crippen LogP contribution in [0.2, 0.25) is 0 Å². The third kappa shape index (κ3) is 3.16. The van der Waals surface area contributed by atoms with Gasteiger partial charge in [-0.2, -0.15) is 18.7 Å². The summed E-state index contributed by atoms with van der Waals surface area (Å²) in [4.78, 5) is 13.2. The molecule has 2 bridgehead atoms. The predicted octanol–water partition coefficient (Wildman–Crippen LogP) is -0.0656. The number of nitrogens with zero attached hydrogens (tertiary/aromatic N) is 3. The molecule has 0 aromatic carbocycles. The third-order valence-corrected chi connectivity index (χ3v) is 3.48. The second-order valence-corrected chi connectivity index (χ2v) is 5.68. The Hall–Kier alpha value is -0.630. The van der Waals surface area contributed by atoms with Crippen LogP contribution in [0.4, 0.5) is 4.79 Å². The monoisotopic (exact) mass is 310 g/mol. The van der Waals surface area contributed by atoms with E-state index in [2.05, 4.69) is 4.28 Å². The zero-order chi connectivity index (χ0) is 14.4. The minimum Gasteiger partial charge on any atom is -0.301 e. The first-order valence-electron chi connectivity index (χ1n) is 5.62. The Kier molecular flexibility index (Phi) is 5.23. The van der Waals surface area contributed by atoms with Crippen molar-refractivity contribution in [2.24, 2.45) is 5.92 Å². The molecule has 0 aromatic rings. The van der Waals surface area contributed by atoms with Crippen molar-refractivity contribution in [1.82, 2.24) is 9.96 Å². The van der Waals surface area contributed by atoms with E-state index in [-0.39, 0.29) is 42.0 Å². The SMILES string of the molecule is CC(C)C1=C[C@@H](C#N)N2C[C@@H]1N(OS(=O)(=O)O)C2=O.[Na]. The van der Waals surface area contributed by atoms with Gasteiger partial charge in [-0.15, -0.1) is 4.28 Å². The third-order valence-electron chi connectivity index (χ3n) is 3.13. The zero-order valence-corrected chi connectivity index (χ0v) is 14.2. The van der Waals surface area contributed by atoms with Gasteiger partial charge in [-0.3, -0.25) is 4.55 Å². The van der Waals surface area contributed by atoms with E-state index >= 15 is 0 Å². The molecule has 2 amide bonds. The van der Waals surface area contributed by atoms with Gasteiger partial charge < -0.3 is 4.90 Å². The molecule has 1 fully saturated rings. The van der Waals surface area contributed by atoms with Gasteiger partial charge in [0.15, 0.2) is 0 Å². The maximum absolute atomic E-state index is 12.0. The van der Waals surface area contributed by atoms with Crippen LogP contribution in [-0.4, -0.2) is 77.2 Å². The minimum absolute atomic E-state index is 0. The summed E-state index contributed by atoms with van der Waals surface area (Å²) < 4.78 is 34.6. The second kappa shape index (κ2) is 6.01. The Morgan fingerprint density at radius 2 is 2.15 bits per heavy atom. The van der Waals surface area contributed by atoms with Crippen molar-refractivity contribution in [2.45, 2.75) is 25.9 Å². The van der Waals surface area contributed by atoms with Gasteiger partial charge >= 0.3 is 16.4 Å². The van der Waals surface area contributed by atoms with Gasteiger partial charge in [-0.25, -0.2) is 4.79 Å². The van der Waals surface area contributed by atoms with E-state index in [9.17, 15) is 13.2 Å². The molecule has 8 nitrogen and oxygen atoms in total.